The molecule has 0 heterocycles. The summed E-state index contributed by atoms with van der Waals surface area (Å²) < 4.78 is 0. The maximum absolute atomic E-state index is 9.02. The van der Waals surface area contributed by atoms with Gasteiger partial charge in [0.25, 0.3) is 0 Å². The molecule has 0 aliphatic heterocycles. The maximum atomic E-state index is 9.02. The number of hydrazine groups is 1. The van der Waals surface area contributed by atoms with Crippen LogP contribution in [-0.4, -0.2) is 18.3 Å². The first-order valence-electron chi connectivity index (χ1n) is 6.71. The molecule has 112 valence electrons. The minimum absolute atomic E-state index is 0.0396. The van der Waals surface area contributed by atoms with Gasteiger partial charge in [0.05, 0.1) is 18.8 Å². The molecule has 2 aromatic rings. The Morgan fingerprint density at radius 1 is 0.952 bits per heavy atom. The van der Waals surface area contributed by atoms with E-state index in [0.29, 0.717) is 30.2 Å². The lowest BCUT2D eigenvalue weighted by Crippen LogP contribution is -2.39. The van der Waals surface area contributed by atoms with Gasteiger partial charge in [0.2, 0.25) is 0 Å². The van der Waals surface area contributed by atoms with Crippen molar-refractivity contribution in [3.8, 4) is 0 Å². The summed E-state index contributed by atoms with van der Waals surface area (Å²) in [5.41, 5.74) is 24.5. The van der Waals surface area contributed by atoms with Crippen molar-refractivity contribution in [3.05, 3.63) is 48.0 Å². The van der Waals surface area contributed by atoms with Gasteiger partial charge in [-0.15, -0.1) is 0 Å². The Morgan fingerprint density at radius 3 is 2.29 bits per heavy atom. The Labute approximate surface area is 124 Å². The van der Waals surface area contributed by atoms with E-state index in [0.717, 1.165) is 11.3 Å². The first kappa shape index (κ1) is 15.0. The predicted molar refractivity (Wildman–Crippen MR) is 87.4 cm³/mol. The van der Waals surface area contributed by atoms with Gasteiger partial charge in [0.1, 0.15) is 0 Å². The highest BCUT2D eigenvalue weighted by atomic mass is 16.3. The molecule has 0 atom stereocenters. The van der Waals surface area contributed by atoms with Gasteiger partial charge in [0, 0.05) is 23.6 Å². The molecule has 2 rings (SSSR count). The quantitative estimate of drug-likeness (QED) is 0.399. The van der Waals surface area contributed by atoms with Crippen molar-refractivity contribution in [2.75, 3.05) is 35.4 Å². The Hall–Kier alpha value is -2.44. The van der Waals surface area contributed by atoms with E-state index in [2.05, 4.69) is 5.43 Å². The van der Waals surface area contributed by atoms with Crippen molar-refractivity contribution < 1.29 is 5.11 Å². The lowest BCUT2D eigenvalue weighted by Gasteiger charge is -2.26. The molecule has 6 nitrogen and oxygen atoms in total. The van der Waals surface area contributed by atoms with Gasteiger partial charge >= 0.3 is 0 Å². The molecule has 0 unspecified atom stereocenters. The van der Waals surface area contributed by atoms with Crippen molar-refractivity contribution in [2.24, 2.45) is 0 Å². The minimum Gasteiger partial charge on any atom is -0.399 e. The van der Waals surface area contributed by atoms with Crippen molar-refractivity contribution in [3.63, 3.8) is 0 Å². The molecular weight excluding hydrogens is 266 g/mol. The van der Waals surface area contributed by atoms with Gasteiger partial charge in [-0.05, 0) is 48.0 Å². The summed E-state index contributed by atoms with van der Waals surface area (Å²) in [6.07, 6.45) is 0. The average molecular weight is 287 g/mol. The SMILES string of the molecule is Nc1ccc(N(Cc2cc(N)ccc2N)NCCO)cc1. The zero-order chi connectivity index (χ0) is 15.2. The van der Waals surface area contributed by atoms with E-state index in [4.69, 9.17) is 22.3 Å². The summed E-state index contributed by atoms with van der Waals surface area (Å²) in [6, 6.07) is 12.9. The van der Waals surface area contributed by atoms with Crippen LogP contribution in [0.1, 0.15) is 5.56 Å². The summed E-state index contributed by atoms with van der Waals surface area (Å²) in [7, 11) is 0. The van der Waals surface area contributed by atoms with E-state index in [9.17, 15) is 0 Å². The minimum atomic E-state index is 0.0396. The molecule has 0 saturated carbocycles. The summed E-state index contributed by atoms with van der Waals surface area (Å²) in [5, 5.41) is 10.9. The van der Waals surface area contributed by atoms with Gasteiger partial charge < -0.3 is 27.3 Å². The largest absolute Gasteiger partial charge is 0.399 e. The summed E-state index contributed by atoms with van der Waals surface area (Å²) in [5.74, 6) is 0. The summed E-state index contributed by atoms with van der Waals surface area (Å²) in [4.78, 5) is 0. The molecule has 2 aromatic carbocycles. The van der Waals surface area contributed by atoms with Crippen molar-refractivity contribution in [2.45, 2.75) is 6.54 Å². The van der Waals surface area contributed by atoms with Crippen LogP contribution in [0.25, 0.3) is 0 Å². The first-order valence-corrected chi connectivity index (χ1v) is 6.71. The molecule has 0 amide bonds. The lowest BCUT2D eigenvalue weighted by atomic mass is 10.1. The van der Waals surface area contributed by atoms with Crippen LogP contribution in [0.3, 0.4) is 0 Å². The van der Waals surface area contributed by atoms with Crippen LogP contribution < -0.4 is 27.6 Å². The topological polar surface area (TPSA) is 114 Å². The van der Waals surface area contributed by atoms with E-state index in [-0.39, 0.29) is 6.61 Å². The van der Waals surface area contributed by atoms with Crippen LogP contribution in [0.2, 0.25) is 0 Å². The maximum Gasteiger partial charge on any atom is 0.0616 e. The molecule has 0 spiro atoms. The zero-order valence-corrected chi connectivity index (χ0v) is 11.8. The number of nitrogen functional groups attached to an aromatic ring is 3. The fourth-order valence-electron chi connectivity index (χ4n) is 2.01. The second kappa shape index (κ2) is 6.83. The highest BCUT2D eigenvalue weighted by molar-refractivity contribution is 5.58. The molecule has 8 N–H and O–H groups in total. The number of anilines is 4. The van der Waals surface area contributed by atoms with E-state index < -0.39 is 0 Å². The number of benzene rings is 2. The normalized spacial score (nSPS) is 10.5. The Morgan fingerprint density at radius 2 is 1.62 bits per heavy atom. The smallest absolute Gasteiger partial charge is 0.0616 e. The van der Waals surface area contributed by atoms with Crippen LogP contribution >= 0.6 is 0 Å². The standard InChI is InChI=1S/C15H21N5O/c16-12-1-4-14(5-2-12)20(19-7-8-21)10-11-9-13(17)3-6-15(11)18/h1-6,9,19,21H,7-8,10,16-18H2. The molecule has 0 fully saturated rings. The molecule has 0 bridgehead atoms. The second-order valence-corrected chi connectivity index (χ2v) is 4.77. The fourth-order valence-corrected chi connectivity index (χ4v) is 2.01. The molecule has 0 saturated heterocycles. The second-order valence-electron chi connectivity index (χ2n) is 4.77. The van der Waals surface area contributed by atoms with Crippen molar-refractivity contribution in [1.82, 2.24) is 5.43 Å². The van der Waals surface area contributed by atoms with Crippen LogP contribution in [0.4, 0.5) is 22.7 Å². The van der Waals surface area contributed by atoms with Crippen molar-refractivity contribution in [1.29, 1.82) is 0 Å². The molecule has 6 heteroatoms. The third kappa shape index (κ3) is 4.01. The van der Waals surface area contributed by atoms with E-state index >= 15 is 0 Å². The van der Waals surface area contributed by atoms with Gasteiger partial charge in [-0.3, -0.25) is 0 Å². The molecule has 0 aromatic heterocycles. The predicted octanol–water partition coefficient (Wildman–Crippen LogP) is 0.937. The number of nitrogens with one attached hydrogen (secondary N) is 1. The van der Waals surface area contributed by atoms with Gasteiger partial charge in [-0.2, -0.15) is 0 Å². The van der Waals surface area contributed by atoms with Crippen molar-refractivity contribution >= 4 is 22.7 Å². The number of nitrogens with two attached hydrogens (primary N) is 3. The molecular formula is C15H21N5O. The number of hydrogen-bond donors (Lipinski definition) is 5. The molecule has 21 heavy (non-hydrogen) atoms. The summed E-state index contributed by atoms with van der Waals surface area (Å²) in [6.45, 7) is 1.01. The monoisotopic (exact) mass is 287 g/mol. The lowest BCUT2D eigenvalue weighted by molar-refractivity contribution is 0.290. The number of aliphatic hydroxyl groups excluding tert-OH is 1. The number of hydrogen-bond acceptors (Lipinski definition) is 6. The fraction of sp³-hybridized carbons (Fsp3) is 0.200. The van der Waals surface area contributed by atoms with Crippen LogP contribution in [0.15, 0.2) is 42.5 Å². The molecule has 0 aliphatic rings. The Bertz CT molecular complexity index is 585. The summed E-state index contributed by atoms with van der Waals surface area (Å²) >= 11 is 0. The molecule has 0 aliphatic carbocycles. The zero-order valence-electron chi connectivity index (χ0n) is 11.8. The van der Waals surface area contributed by atoms with Gasteiger partial charge in [-0.1, -0.05) is 0 Å². The highest BCUT2D eigenvalue weighted by Crippen LogP contribution is 2.21. The van der Waals surface area contributed by atoms with Gasteiger partial charge in [-0.25, -0.2) is 5.43 Å². The van der Waals surface area contributed by atoms with E-state index in [1.54, 1.807) is 12.1 Å². The third-order valence-corrected chi connectivity index (χ3v) is 3.11. The Kier molecular flexibility index (Phi) is 4.86. The first-order chi connectivity index (χ1) is 10.1. The van der Waals surface area contributed by atoms with Crippen LogP contribution in [0, 0.1) is 0 Å². The van der Waals surface area contributed by atoms with Crippen LogP contribution in [-0.2, 0) is 6.54 Å². The number of rotatable bonds is 6. The van der Waals surface area contributed by atoms with Crippen LogP contribution in [0.5, 0.6) is 0 Å². The highest BCUT2D eigenvalue weighted by Gasteiger charge is 2.09. The Balaban J connectivity index is 2.23. The third-order valence-electron chi connectivity index (χ3n) is 3.11. The number of aliphatic hydroxyl groups is 1. The average Bonchev–Trinajstić information content (AvgIpc) is 2.48. The van der Waals surface area contributed by atoms with E-state index in [1.165, 1.54) is 0 Å². The van der Waals surface area contributed by atoms with E-state index in [1.807, 2.05) is 35.3 Å². The number of nitrogens with zero attached hydrogens (tertiary/aromatic N) is 1. The van der Waals surface area contributed by atoms with Gasteiger partial charge in [0.15, 0.2) is 0 Å². The molecule has 0 radical (unpaired) electrons.